The number of hydrogen-bond donors (Lipinski definition) is 3. The molecule has 3 rings (SSSR count). The average molecular weight is 430 g/mol. The Labute approximate surface area is 182 Å². The van der Waals surface area contributed by atoms with Gasteiger partial charge in [0.05, 0.1) is 19.3 Å². The van der Waals surface area contributed by atoms with Crippen LogP contribution in [0.1, 0.15) is 29.3 Å². The average Bonchev–Trinajstić information content (AvgIpc) is 3.21. The van der Waals surface area contributed by atoms with E-state index in [0.29, 0.717) is 17.1 Å². The van der Waals surface area contributed by atoms with Gasteiger partial charge < -0.3 is 26.0 Å². The maximum atomic E-state index is 11.2. The number of hydrogen-bond acceptors (Lipinski definition) is 4. The third-order valence-electron chi connectivity index (χ3n) is 5.01. The molecular weight excluding hydrogens is 402 g/mol. The second kappa shape index (κ2) is 10.2. The first kappa shape index (κ1) is 21.8. The number of nitrogens with one attached hydrogen (secondary N) is 2. The SMILES string of the molecule is CCNC(=NCc1ccc(C(N)=O)cc1)NC1CCN(c2cc(Cl)ccc2OC)C1. The molecule has 1 amide bonds. The van der Waals surface area contributed by atoms with Crippen molar-refractivity contribution in [1.29, 1.82) is 0 Å². The van der Waals surface area contributed by atoms with Crippen molar-refractivity contribution in [3.63, 3.8) is 0 Å². The number of aliphatic imine (C=N–C) groups is 1. The number of guanidine groups is 1. The zero-order valence-electron chi connectivity index (χ0n) is 17.3. The van der Waals surface area contributed by atoms with Crippen LogP contribution in [0.3, 0.4) is 0 Å². The van der Waals surface area contributed by atoms with Gasteiger partial charge in [-0.25, -0.2) is 4.99 Å². The van der Waals surface area contributed by atoms with Gasteiger partial charge in [-0.1, -0.05) is 23.7 Å². The van der Waals surface area contributed by atoms with Crippen molar-refractivity contribution in [2.75, 3.05) is 31.6 Å². The third-order valence-corrected chi connectivity index (χ3v) is 5.25. The lowest BCUT2D eigenvalue weighted by atomic mass is 10.1. The topological polar surface area (TPSA) is 92.0 Å². The summed E-state index contributed by atoms with van der Waals surface area (Å²) < 4.78 is 5.49. The normalized spacial score (nSPS) is 16.4. The molecule has 30 heavy (non-hydrogen) atoms. The molecule has 0 aliphatic carbocycles. The second-order valence-corrected chi connectivity index (χ2v) is 7.58. The fraction of sp³-hybridized carbons (Fsp3) is 0.364. The van der Waals surface area contributed by atoms with Crippen LogP contribution in [0.5, 0.6) is 5.75 Å². The van der Waals surface area contributed by atoms with Gasteiger partial charge in [-0.15, -0.1) is 0 Å². The van der Waals surface area contributed by atoms with E-state index in [2.05, 4.69) is 20.5 Å². The maximum Gasteiger partial charge on any atom is 0.248 e. The van der Waals surface area contributed by atoms with Crippen LogP contribution in [0, 0.1) is 0 Å². The number of rotatable bonds is 7. The van der Waals surface area contributed by atoms with Gasteiger partial charge in [0.1, 0.15) is 5.75 Å². The van der Waals surface area contributed by atoms with Crippen LogP contribution in [0.15, 0.2) is 47.5 Å². The van der Waals surface area contributed by atoms with E-state index in [1.807, 2.05) is 37.3 Å². The van der Waals surface area contributed by atoms with Crippen LogP contribution in [-0.2, 0) is 6.54 Å². The van der Waals surface area contributed by atoms with E-state index >= 15 is 0 Å². The van der Waals surface area contributed by atoms with Crippen molar-refractivity contribution < 1.29 is 9.53 Å². The first-order valence-corrected chi connectivity index (χ1v) is 10.4. The molecule has 0 radical (unpaired) electrons. The van der Waals surface area contributed by atoms with Crippen molar-refractivity contribution in [3.8, 4) is 5.75 Å². The first-order chi connectivity index (χ1) is 14.5. The van der Waals surface area contributed by atoms with Crippen LogP contribution in [0.4, 0.5) is 5.69 Å². The molecule has 2 aromatic carbocycles. The molecule has 4 N–H and O–H groups in total. The molecule has 1 aliphatic heterocycles. The van der Waals surface area contributed by atoms with Gasteiger partial charge in [-0.2, -0.15) is 0 Å². The summed E-state index contributed by atoms with van der Waals surface area (Å²) in [7, 11) is 1.67. The molecule has 160 valence electrons. The van der Waals surface area contributed by atoms with E-state index in [4.69, 9.17) is 22.1 Å². The Morgan fingerprint density at radius 3 is 2.73 bits per heavy atom. The molecule has 0 aromatic heterocycles. The van der Waals surface area contributed by atoms with Crippen LogP contribution in [0.25, 0.3) is 0 Å². The highest BCUT2D eigenvalue weighted by atomic mass is 35.5. The zero-order chi connectivity index (χ0) is 21.5. The minimum Gasteiger partial charge on any atom is -0.495 e. The van der Waals surface area contributed by atoms with Crippen molar-refractivity contribution in [2.45, 2.75) is 25.9 Å². The number of amides is 1. The standard InChI is InChI=1S/C22H28ClN5O2/c1-3-25-22(26-13-15-4-6-16(7-5-15)21(24)29)27-18-10-11-28(14-18)19-12-17(23)8-9-20(19)30-2/h4-9,12,18H,3,10-11,13-14H2,1-2H3,(H2,24,29)(H2,25,26,27). The molecule has 1 saturated heterocycles. The van der Waals surface area contributed by atoms with Gasteiger partial charge in [-0.05, 0) is 49.2 Å². The van der Waals surface area contributed by atoms with Gasteiger partial charge in [-0.3, -0.25) is 4.79 Å². The summed E-state index contributed by atoms with van der Waals surface area (Å²) in [5.41, 5.74) is 7.80. The molecule has 1 unspecified atom stereocenters. The second-order valence-electron chi connectivity index (χ2n) is 7.15. The van der Waals surface area contributed by atoms with Crippen molar-refractivity contribution >= 4 is 29.2 Å². The summed E-state index contributed by atoms with van der Waals surface area (Å²) in [5, 5.41) is 7.51. The molecule has 1 fully saturated rings. The van der Waals surface area contributed by atoms with Crippen molar-refractivity contribution in [3.05, 3.63) is 58.6 Å². The van der Waals surface area contributed by atoms with E-state index < -0.39 is 5.91 Å². The summed E-state index contributed by atoms with van der Waals surface area (Å²) in [4.78, 5) is 18.2. The first-order valence-electron chi connectivity index (χ1n) is 10.0. The quantitative estimate of drug-likeness (QED) is 0.465. The minimum absolute atomic E-state index is 0.253. The van der Waals surface area contributed by atoms with Crippen LogP contribution < -0.4 is 26.0 Å². The molecule has 8 heteroatoms. The number of nitrogens with zero attached hydrogens (tertiary/aromatic N) is 2. The fourth-order valence-corrected chi connectivity index (χ4v) is 3.63. The Morgan fingerprint density at radius 1 is 1.30 bits per heavy atom. The predicted molar refractivity (Wildman–Crippen MR) is 122 cm³/mol. The Balaban J connectivity index is 1.63. The molecule has 0 saturated carbocycles. The van der Waals surface area contributed by atoms with Gasteiger partial charge >= 0.3 is 0 Å². The van der Waals surface area contributed by atoms with Gasteiger partial charge in [0, 0.05) is 36.3 Å². The van der Waals surface area contributed by atoms with Crippen LogP contribution >= 0.6 is 11.6 Å². The molecule has 2 aromatic rings. The number of ether oxygens (including phenoxy) is 1. The van der Waals surface area contributed by atoms with Gasteiger partial charge in [0.25, 0.3) is 0 Å². The molecule has 0 bridgehead atoms. The Hall–Kier alpha value is -2.93. The van der Waals surface area contributed by atoms with Crippen LogP contribution in [-0.4, -0.2) is 44.7 Å². The number of carbonyl (C=O) groups is 1. The minimum atomic E-state index is -0.429. The Morgan fingerprint density at radius 2 is 2.07 bits per heavy atom. The lowest BCUT2D eigenvalue weighted by Crippen LogP contribution is -2.44. The summed E-state index contributed by atoms with van der Waals surface area (Å²) in [6.07, 6.45) is 0.980. The number of nitrogens with two attached hydrogens (primary N) is 1. The predicted octanol–water partition coefficient (Wildman–Crippen LogP) is 2.78. The lowest BCUT2D eigenvalue weighted by molar-refractivity contribution is 0.100. The molecule has 1 heterocycles. The maximum absolute atomic E-state index is 11.2. The summed E-state index contributed by atoms with van der Waals surface area (Å²) in [5.74, 6) is 1.16. The summed E-state index contributed by atoms with van der Waals surface area (Å²) in [6.45, 7) is 5.05. The zero-order valence-corrected chi connectivity index (χ0v) is 18.1. The largest absolute Gasteiger partial charge is 0.495 e. The van der Waals surface area contributed by atoms with E-state index in [1.54, 1.807) is 19.2 Å². The van der Waals surface area contributed by atoms with Crippen molar-refractivity contribution in [2.24, 2.45) is 10.7 Å². The molecule has 1 atom stereocenters. The monoisotopic (exact) mass is 429 g/mol. The summed E-state index contributed by atoms with van der Waals surface area (Å²) >= 11 is 6.19. The molecule has 0 spiro atoms. The van der Waals surface area contributed by atoms with E-state index in [-0.39, 0.29) is 6.04 Å². The number of carbonyl (C=O) groups excluding carboxylic acids is 1. The van der Waals surface area contributed by atoms with E-state index in [1.165, 1.54) is 0 Å². The lowest BCUT2D eigenvalue weighted by Gasteiger charge is -2.22. The molecular formula is C22H28ClN5O2. The number of methoxy groups -OCH3 is 1. The van der Waals surface area contributed by atoms with Crippen LogP contribution in [0.2, 0.25) is 5.02 Å². The van der Waals surface area contributed by atoms with Gasteiger partial charge in [0.15, 0.2) is 5.96 Å². The van der Waals surface area contributed by atoms with Crippen molar-refractivity contribution in [1.82, 2.24) is 10.6 Å². The number of benzene rings is 2. The van der Waals surface area contributed by atoms with E-state index in [9.17, 15) is 4.79 Å². The molecule has 1 aliphatic rings. The van der Waals surface area contributed by atoms with E-state index in [0.717, 1.165) is 49.0 Å². The Bertz CT molecular complexity index is 901. The fourth-order valence-electron chi connectivity index (χ4n) is 3.47. The number of halogens is 1. The number of anilines is 1. The highest BCUT2D eigenvalue weighted by molar-refractivity contribution is 6.30. The highest BCUT2D eigenvalue weighted by Crippen LogP contribution is 2.33. The summed E-state index contributed by atoms with van der Waals surface area (Å²) in [6, 6.07) is 13.1. The van der Waals surface area contributed by atoms with Gasteiger partial charge in [0.2, 0.25) is 5.91 Å². The molecule has 7 nitrogen and oxygen atoms in total. The Kier molecular flexibility index (Phi) is 7.41. The number of primary amides is 1. The third kappa shape index (κ3) is 5.57. The smallest absolute Gasteiger partial charge is 0.248 e. The highest BCUT2D eigenvalue weighted by Gasteiger charge is 2.25.